The van der Waals surface area contributed by atoms with Crippen LogP contribution in [-0.2, 0) is 9.84 Å². The van der Waals surface area contributed by atoms with E-state index in [1.807, 2.05) is 24.3 Å². The van der Waals surface area contributed by atoms with Crippen molar-refractivity contribution in [3.63, 3.8) is 0 Å². The largest absolute Gasteiger partial charge is 0.240 e. The van der Waals surface area contributed by atoms with Crippen LogP contribution in [0, 0.1) is 0 Å². The third-order valence-electron chi connectivity index (χ3n) is 2.08. The Balaban J connectivity index is 2.43. The van der Waals surface area contributed by atoms with Crippen LogP contribution >= 0.6 is 15.9 Å². The van der Waals surface area contributed by atoms with Crippen molar-refractivity contribution in [2.75, 3.05) is 6.26 Å². The van der Waals surface area contributed by atoms with Crippen LogP contribution in [-0.4, -0.2) is 24.5 Å². The van der Waals surface area contributed by atoms with Crippen molar-refractivity contribution in [3.05, 3.63) is 41.1 Å². The van der Waals surface area contributed by atoms with Gasteiger partial charge in [0.25, 0.3) is 0 Å². The number of hydrogen-bond donors (Lipinski definition) is 0. The molecule has 0 fully saturated rings. The number of halogens is 1. The quantitative estimate of drug-likeness (QED) is 0.853. The standard InChI is InChI=1S/C10H9BrN2O2S/c1-16(14,15)10-6-12-13(7-10)9-4-2-8(11)3-5-9/h2-7H,1H3. The Morgan fingerprint density at radius 2 is 1.88 bits per heavy atom. The molecule has 6 heteroatoms. The average Bonchev–Trinajstić information content (AvgIpc) is 2.67. The lowest BCUT2D eigenvalue weighted by Crippen LogP contribution is -1.96. The van der Waals surface area contributed by atoms with Crippen LogP contribution in [0.25, 0.3) is 5.69 Å². The lowest BCUT2D eigenvalue weighted by Gasteiger charge is -2.00. The van der Waals surface area contributed by atoms with E-state index in [9.17, 15) is 8.42 Å². The Hall–Kier alpha value is -1.14. The van der Waals surface area contributed by atoms with E-state index in [1.165, 1.54) is 17.1 Å². The van der Waals surface area contributed by atoms with Crippen molar-refractivity contribution in [1.29, 1.82) is 0 Å². The van der Waals surface area contributed by atoms with Crippen LogP contribution in [0.2, 0.25) is 0 Å². The first-order chi connectivity index (χ1) is 7.47. The van der Waals surface area contributed by atoms with Crippen LogP contribution in [0.5, 0.6) is 0 Å². The number of benzene rings is 1. The molecule has 2 aromatic rings. The van der Waals surface area contributed by atoms with Crippen molar-refractivity contribution >= 4 is 25.8 Å². The Bertz CT molecular complexity index is 602. The van der Waals surface area contributed by atoms with Gasteiger partial charge in [-0.1, -0.05) is 15.9 Å². The van der Waals surface area contributed by atoms with Crippen molar-refractivity contribution in [3.8, 4) is 5.69 Å². The molecule has 0 aliphatic carbocycles. The smallest absolute Gasteiger partial charge is 0.178 e. The predicted molar refractivity (Wildman–Crippen MR) is 64.4 cm³/mol. The molecule has 1 aromatic carbocycles. The van der Waals surface area contributed by atoms with Crippen LogP contribution < -0.4 is 0 Å². The summed E-state index contributed by atoms with van der Waals surface area (Å²) in [6, 6.07) is 7.44. The maximum Gasteiger partial charge on any atom is 0.178 e. The van der Waals surface area contributed by atoms with Gasteiger partial charge in [-0.05, 0) is 24.3 Å². The summed E-state index contributed by atoms with van der Waals surface area (Å²) in [5, 5.41) is 4.00. The molecule has 0 amide bonds. The van der Waals surface area contributed by atoms with E-state index in [1.54, 1.807) is 0 Å². The molecule has 1 heterocycles. The molecule has 0 atom stereocenters. The van der Waals surface area contributed by atoms with Gasteiger partial charge < -0.3 is 0 Å². The summed E-state index contributed by atoms with van der Waals surface area (Å²) in [5.41, 5.74) is 0.818. The molecule has 0 saturated carbocycles. The fourth-order valence-electron chi connectivity index (χ4n) is 1.23. The van der Waals surface area contributed by atoms with E-state index >= 15 is 0 Å². The fourth-order valence-corrected chi connectivity index (χ4v) is 2.03. The van der Waals surface area contributed by atoms with Crippen LogP contribution in [0.1, 0.15) is 0 Å². The summed E-state index contributed by atoms with van der Waals surface area (Å²) in [4.78, 5) is 0.218. The molecule has 0 spiro atoms. The van der Waals surface area contributed by atoms with E-state index in [0.29, 0.717) is 0 Å². The van der Waals surface area contributed by atoms with Crippen LogP contribution in [0.3, 0.4) is 0 Å². The summed E-state index contributed by atoms with van der Waals surface area (Å²) in [5.74, 6) is 0. The molecule has 0 aliphatic heterocycles. The number of hydrogen-bond acceptors (Lipinski definition) is 3. The number of aromatic nitrogens is 2. The molecular formula is C10H9BrN2O2S. The summed E-state index contributed by atoms with van der Waals surface area (Å²) in [6.07, 6.45) is 4.01. The number of sulfone groups is 1. The molecule has 4 nitrogen and oxygen atoms in total. The molecule has 0 saturated heterocycles. The first kappa shape index (κ1) is 11.3. The topological polar surface area (TPSA) is 52.0 Å². The van der Waals surface area contributed by atoms with Gasteiger partial charge >= 0.3 is 0 Å². The molecule has 0 N–H and O–H groups in total. The van der Waals surface area contributed by atoms with E-state index in [0.717, 1.165) is 16.4 Å². The lowest BCUT2D eigenvalue weighted by molar-refractivity contribution is 0.602. The summed E-state index contributed by atoms with van der Waals surface area (Å²) >= 11 is 3.33. The number of nitrogens with zero attached hydrogens (tertiary/aromatic N) is 2. The highest BCUT2D eigenvalue weighted by Gasteiger charge is 2.10. The van der Waals surface area contributed by atoms with Gasteiger partial charge in [-0.3, -0.25) is 0 Å². The number of rotatable bonds is 2. The average molecular weight is 301 g/mol. The molecule has 84 valence electrons. The van der Waals surface area contributed by atoms with Crippen molar-refractivity contribution in [2.24, 2.45) is 0 Å². The van der Waals surface area contributed by atoms with Crippen LogP contribution in [0.4, 0.5) is 0 Å². The minimum Gasteiger partial charge on any atom is -0.240 e. The first-order valence-electron chi connectivity index (χ1n) is 4.47. The van der Waals surface area contributed by atoms with Crippen LogP contribution in [0.15, 0.2) is 46.0 Å². The summed E-state index contributed by atoms with van der Waals surface area (Å²) in [7, 11) is -3.19. The second-order valence-electron chi connectivity index (χ2n) is 3.37. The molecule has 16 heavy (non-hydrogen) atoms. The highest BCUT2D eigenvalue weighted by molar-refractivity contribution is 9.10. The molecule has 1 aromatic heterocycles. The van der Waals surface area contributed by atoms with E-state index < -0.39 is 9.84 Å². The van der Waals surface area contributed by atoms with Gasteiger partial charge in [-0.2, -0.15) is 5.10 Å². The zero-order valence-electron chi connectivity index (χ0n) is 8.46. The Kier molecular flexibility index (Phi) is 2.86. The Morgan fingerprint density at radius 1 is 1.25 bits per heavy atom. The normalized spacial score (nSPS) is 11.6. The summed E-state index contributed by atoms with van der Waals surface area (Å²) in [6.45, 7) is 0. The maximum absolute atomic E-state index is 11.3. The SMILES string of the molecule is CS(=O)(=O)c1cnn(-c2ccc(Br)cc2)c1. The monoisotopic (exact) mass is 300 g/mol. The zero-order valence-corrected chi connectivity index (χ0v) is 10.9. The lowest BCUT2D eigenvalue weighted by atomic mass is 10.3. The molecule has 0 unspecified atom stereocenters. The van der Waals surface area contributed by atoms with E-state index in [4.69, 9.17) is 0 Å². The first-order valence-corrected chi connectivity index (χ1v) is 7.16. The Labute approximate surface area is 102 Å². The highest BCUT2D eigenvalue weighted by atomic mass is 79.9. The predicted octanol–water partition coefficient (Wildman–Crippen LogP) is 2.04. The van der Waals surface area contributed by atoms with Gasteiger partial charge in [-0.15, -0.1) is 0 Å². The van der Waals surface area contributed by atoms with Crippen molar-refractivity contribution < 1.29 is 8.42 Å². The molecule has 2 rings (SSSR count). The fraction of sp³-hybridized carbons (Fsp3) is 0.100. The second kappa shape index (κ2) is 4.03. The molecular weight excluding hydrogens is 292 g/mol. The van der Waals surface area contributed by atoms with Gasteiger partial charge in [-0.25, -0.2) is 13.1 Å². The van der Waals surface area contributed by atoms with Gasteiger partial charge in [0.2, 0.25) is 0 Å². The molecule has 0 bridgehead atoms. The van der Waals surface area contributed by atoms with Crippen molar-refractivity contribution in [1.82, 2.24) is 9.78 Å². The van der Waals surface area contributed by atoms with Crippen molar-refractivity contribution in [2.45, 2.75) is 4.90 Å². The van der Waals surface area contributed by atoms with Gasteiger partial charge in [0.1, 0.15) is 4.90 Å². The van der Waals surface area contributed by atoms with E-state index in [-0.39, 0.29) is 4.90 Å². The second-order valence-corrected chi connectivity index (χ2v) is 6.30. The highest BCUT2D eigenvalue weighted by Crippen LogP contribution is 2.15. The summed E-state index contributed by atoms with van der Waals surface area (Å²) < 4.78 is 25.0. The molecule has 0 radical (unpaired) electrons. The minimum atomic E-state index is -3.19. The molecule has 0 aliphatic rings. The minimum absolute atomic E-state index is 0.218. The van der Waals surface area contributed by atoms with Gasteiger partial charge in [0, 0.05) is 16.9 Å². The zero-order chi connectivity index (χ0) is 11.8. The maximum atomic E-state index is 11.3. The van der Waals surface area contributed by atoms with Gasteiger partial charge in [0.15, 0.2) is 9.84 Å². The third kappa shape index (κ3) is 2.33. The third-order valence-corrected chi connectivity index (χ3v) is 3.67. The van der Waals surface area contributed by atoms with Gasteiger partial charge in [0.05, 0.1) is 11.9 Å². The Morgan fingerprint density at radius 3 is 2.38 bits per heavy atom. The van der Waals surface area contributed by atoms with E-state index in [2.05, 4.69) is 21.0 Å².